The SMILES string of the molecule is C=CCOC(=O)c1cc(Cc2ccc(N)c(C(=O)OCC=C)c2)ccc1N. The van der Waals surface area contributed by atoms with E-state index in [0.717, 1.165) is 11.1 Å². The molecule has 4 N–H and O–H groups in total. The molecule has 0 aliphatic heterocycles. The second-order valence-corrected chi connectivity index (χ2v) is 5.79. The Balaban J connectivity index is 2.24. The second kappa shape index (κ2) is 9.24. The fourth-order valence-corrected chi connectivity index (χ4v) is 2.44. The molecular formula is C21H22N2O4. The molecular weight excluding hydrogens is 344 g/mol. The van der Waals surface area contributed by atoms with Crippen molar-refractivity contribution in [1.29, 1.82) is 0 Å². The van der Waals surface area contributed by atoms with Crippen LogP contribution in [0, 0.1) is 0 Å². The molecule has 2 aromatic rings. The van der Waals surface area contributed by atoms with Crippen LogP contribution in [0.5, 0.6) is 0 Å². The van der Waals surface area contributed by atoms with E-state index in [9.17, 15) is 9.59 Å². The van der Waals surface area contributed by atoms with Crippen molar-refractivity contribution in [2.24, 2.45) is 0 Å². The Labute approximate surface area is 158 Å². The average molecular weight is 366 g/mol. The van der Waals surface area contributed by atoms with Gasteiger partial charge in [0.25, 0.3) is 0 Å². The first-order valence-corrected chi connectivity index (χ1v) is 8.29. The highest BCUT2D eigenvalue weighted by Gasteiger charge is 2.14. The van der Waals surface area contributed by atoms with Crippen molar-refractivity contribution in [2.75, 3.05) is 24.7 Å². The van der Waals surface area contributed by atoms with Gasteiger partial charge >= 0.3 is 11.9 Å². The number of anilines is 2. The number of nitrogen functional groups attached to an aromatic ring is 2. The van der Waals surface area contributed by atoms with Gasteiger partial charge in [-0.05, 0) is 41.8 Å². The van der Waals surface area contributed by atoms with Gasteiger partial charge in [0.1, 0.15) is 13.2 Å². The smallest absolute Gasteiger partial charge is 0.340 e. The fourth-order valence-electron chi connectivity index (χ4n) is 2.44. The Morgan fingerprint density at radius 1 is 0.815 bits per heavy atom. The van der Waals surface area contributed by atoms with Crippen molar-refractivity contribution < 1.29 is 19.1 Å². The molecule has 2 rings (SSSR count). The number of esters is 2. The maximum atomic E-state index is 12.1. The van der Waals surface area contributed by atoms with Crippen molar-refractivity contribution in [3.63, 3.8) is 0 Å². The topological polar surface area (TPSA) is 105 Å². The Morgan fingerprint density at radius 3 is 1.59 bits per heavy atom. The summed E-state index contributed by atoms with van der Waals surface area (Å²) in [6.07, 6.45) is 3.45. The Morgan fingerprint density at radius 2 is 1.22 bits per heavy atom. The summed E-state index contributed by atoms with van der Waals surface area (Å²) in [4.78, 5) is 24.2. The average Bonchev–Trinajstić information content (AvgIpc) is 2.67. The fraction of sp³-hybridized carbons (Fsp3) is 0.143. The molecule has 140 valence electrons. The molecule has 0 radical (unpaired) electrons. The van der Waals surface area contributed by atoms with Crippen molar-refractivity contribution in [3.8, 4) is 0 Å². The van der Waals surface area contributed by atoms with E-state index in [0.29, 0.717) is 17.8 Å². The molecule has 0 unspecified atom stereocenters. The van der Waals surface area contributed by atoms with Crippen LogP contribution in [-0.4, -0.2) is 25.2 Å². The van der Waals surface area contributed by atoms with E-state index in [1.165, 1.54) is 12.2 Å². The molecule has 0 fully saturated rings. The minimum Gasteiger partial charge on any atom is -0.458 e. The van der Waals surface area contributed by atoms with Gasteiger partial charge in [0, 0.05) is 11.4 Å². The van der Waals surface area contributed by atoms with Crippen LogP contribution in [0.1, 0.15) is 31.8 Å². The van der Waals surface area contributed by atoms with E-state index in [-0.39, 0.29) is 24.3 Å². The van der Waals surface area contributed by atoms with Crippen LogP contribution in [0.15, 0.2) is 61.7 Å². The first-order chi connectivity index (χ1) is 13.0. The van der Waals surface area contributed by atoms with Crippen molar-refractivity contribution in [1.82, 2.24) is 0 Å². The minimum atomic E-state index is -0.514. The molecule has 27 heavy (non-hydrogen) atoms. The molecule has 0 aliphatic rings. The van der Waals surface area contributed by atoms with Gasteiger partial charge < -0.3 is 20.9 Å². The van der Waals surface area contributed by atoms with Crippen LogP contribution < -0.4 is 11.5 Å². The van der Waals surface area contributed by atoms with Crippen molar-refractivity contribution >= 4 is 23.3 Å². The molecule has 0 saturated carbocycles. The lowest BCUT2D eigenvalue weighted by Gasteiger charge is -2.10. The lowest BCUT2D eigenvalue weighted by atomic mass is 9.99. The molecule has 6 heteroatoms. The zero-order valence-corrected chi connectivity index (χ0v) is 14.9. The summed E-state index contributed by atoms with van der Waals surface area (Å²) in [6, 6.07) is 10.3. The predicted molar refractivity (Wildman–Crippen MR) is 105 cm³/mol. The third-order valence-corrected chi connectivity index (χ3v) is 3.75. The van der Waals surface area contributed by atoms with Crippen LogP contribution >= 0.6 is 0 Å². The van der Waals surface area contributed by atoms with Gasteiger partial charge in [-0.1, -0.05) is 37.4 Å². The van der Waals surface area contributed by atoms with Gasteiger partial charge in [-0.2, -0.15) is 0 Å². The maximum absolute atomic E-state index is 12.1. The first-order valence-electron chi connectivity index (χ1n) is 8.29. The second-order valence-electron chi connectivity index (χ2n) is 5.79. The van der Waals surface area contributed by atoms with Gasteiger partial charge in [-0.15, -0.1) is 0 Å². The van der Waals surface area contributed by atoms with Gasteiger partial charge in [-0.3, -0.25) is 0 Å². The molecule has 0 atom stereocenters. The molecule has 2 aromatic carbocycles. The summed E-state index contributed by atoms with van der Waals surface area (Å²) in [5, 5.41) is 0. The highest BCUT2D eigenvalue weighted by molar-refractivity contribution is 5.96. The predicted octanol–water partition coefficient (Wildman–Crippen LogP) is 3.13. The highest BCUT2D eigenvalue weighted by atomic mass is 16.5. The monoisotopic (exact) mass is 366 g/mol. The summed E-state index contributed by atoms with van der Waals surface area (Å²) >= 11 is 0. The summed E-state index contributed by atoms with van der Waals surface area (Å²) in [5.41, 5.74) is 14.7. The number of ether oxygens (including phenoxy) is 2. The number of carbonyl (C=O) groups excluding carboxylic acids is 2. The van der Waals surface area contributed by atoms with E-state index < -0.39 is 11.9 Å². The summed E-state index contributed by atoms with van der Waals surface area (Å²) < 4.78 is 10.1. The van der Waals surface area contributed by atoms with E-state index in [4.69, 9.17) is 20.9 Å². The van der Waals surface area contributed by atoms with E-state index >= 15 is 0 Å². The van der Waals surface area contributed by atoms with Crippen molar-refractivity contribution in [2.45, 2.75) is 6.42 Å². The van der Waals surface area contributed by atoms with Crippen LogP contribution in [0.25, 0.3) is 0 Å². The minimum absolute atomic E-state index is 0.108. The zero-order chi connectivity index (χ0) is 19.8. The molecule has 0 saturated heterocycles. The molecule has 0 bridgehead atoms. The van der Waals surface area contributed by atoms with Crippen LogP contribution in [0.3, 0.4) is 0 Å². The van der Waals surface area contributed by atoms with E-state index in [1.54, 1.807) is 24.3 Å². The zero-order valence-electron chi connectivity index (χ0n) is 14.9. The van der Waals surface area contributed by atoms with Gasteiger partial charge in [0.05, 0.1) is 11.1 Å². The summed E-state index contributed by atoms with van der Waals surface area (Å²) in [6.45, 7) is 7.23. The first kappa shape index (κ1) is 19.8. The van der Waals surface area contributed by atoms with Gasteiger partial charge in [0.2, 0.25) is 0 Å². The van der Waals surface area contributed by atoms with Crippen LogP contribution in [0.2, 0.25) is 0 Å². The molecule has 0 aliphatic carbocycles. The number of hydrogen-bond acceptors (Lipinski definition) is 6. The number of nitrogens with two attached hydrogens (primary N) is 2. The lowest BCUT2D eigenvalue weighted by molar-refractivity contribution is 0.0541. The van der Waals surface area contributed by atoms with Crippen molar-refractivity contribution in [3.05, 3.63) is 84.0 Å². The van der Waals surface area contributed by atoms with Crippen LogP contribution in [-0.2, 0) is 15.9 Å². The maximum Gasteiger partial charge on any atom is 0.340 e. The third-order valence-electron chi connectivity index (χ3n) is 3.75. The quantitative estimate of drug-likeness (QED) is 0.422. The summed E-state index contributed by atoms with van der Waals surface area (Å²) in [5.74, 6) is -1.03. The van der Waals surface area contributed by atoms with E-state index in [2.05, 4.69) is 13.2 Å². The number of rotatable bonds is 8. The molecule has 0 amide bonds. The number of carbonyl (C=O) groups is 2. The third kappa shape index (κ3) is 5.22. The summed E-state index contributed by atoms with van der Waals surface area (Å²) in [7, 11) is 0. The molecule has 6 nitrogen and oxygen atoms in total. The molecule has 0 heterocycles. The lowest BCUT2D eigenvalue weighted by Crippen LogP contribution is -2.10. The van der Waals surface area contributed by atoms with Crippen LogP contribution in [0.4, 0.5) is 11.4 Å². The van der Waals surface area contributed by atoms with Gasteiger partial charge in [-0.25, -0.2) is 9.59 Å². The highest BCUT2D eigenvalue weighted by Crippen LogP contribution is 2.21. The number of hydrogen-bond donors (Lipinski definition) is 2. The Bertz CT molecular complexity index is 803. The Kier molecular flexibility index (Phi) is 6.77. The molecule has 0 aromatic heterocycles. The van der Waals surface area contributed by atoms with Gasteiger partial charge in [0.15, 0.2) is 0 Å². The largest absolute Gasteiger partial charge is 0.458 e. The number of benzene rings is 2. The standard InChI is InChI=1S/C21H22N2O4/c1-3-9-26-20(24)16-12-14(5-7-18(16)22)11-15-6-8-19(23)17(13-15)21(25)27-10-4-2/h3-8,12-13H,1-2,9-11,22-23H2. The normalized spacial score (nSPS) is 10.1. The van der Waals surface area contributed by atoms with E-state index in [1.807, 2.05) is 12.1 Å². The molecule has 0 spiro atoms. The Hall–Kier alpha value is -3.54.